The Morgan fingerprint density at radius 2 is 1.61 bits per heavy atom. The highest BCUT2D eigenvalue weighted by Gasteiger charge is 2.15. The van der Waals surface area contributed by atoms with Crippen molar-refractivity contribution >= 4 is 38.7 Å². The first-order chi connectivity index (χ1) is 17.6. The van der Waals surface area contributed by atoms with Crippen LogP contribution in [0.3, 0.4) is 0 Å². The molecule has 0 spiro atoms. The van der Waals surface area contributed by atoms with Crippen molar-refractivity contribution in [3.8, 4) is 11.1 Å². The normalized spacial score (nSPS) is 11.6. The van der Waals surface area contributed by atoms with Crippen molar-refractivity contribution in [2.45, 2.75) is 19.4 Å². The summed E-state index contributed by atoms with van der Waals surface area (Å²) < 4.78 is 8.40. The van der Waals surface area contributed by atoms with Crippen molar-refractivity contribution in [3.63, 3.8) is 0 Å². The van der Waals surface area contributed by atoms with Gasteiger partial charge in [-0.1, -0.05) is 60.7 Å². The van der Waals surface area contributed by atoms with E-state index in [9.17, 15) is 4.79 Å². The summed E-state index contributed by atoms with van der Waals surface area (Å²) in [7, 11) is 0. The molecule has 0 aliphatic heterocycles. The van der Waals surface area contributed by atoms with Crippen molar-refractivity contribution < 1.29 is 9.21 Å². The Bertz CT molecular complexity index is 1720. The van der Waals surface area contributed by atoms with Crippen LogP contribution < -0.4 is 11.5 Å². The van der Waals surface area contributed by atoms with Gasteiger partial charge in [-0.15, -0.1) is 0 Å². The molecular weight excluding hydrogens is 446 g/mol. The van der Waals surface area contributed by atoms with Crippen molar-refractivity contribution in [1.29, 1.82) is 0 Å². The van der Waals surface area contributed by atoms with Gasteiger partial charge in [0.2, 0.25) is 5.91 Å². The van der Waals surface area contributed by atoms with Gasteiger partial charge in [0, 0.05) is 34.4 Å². The number of hydrogen-bond donors (Lipinski definition) is 2. The molecule has 0 fully saturated rings. The van der Waals surface area contributed by atoms with Crippen molar-refractivity contribution in [3.05, 3.63) is 108 Å². The number of hydrogen-bond acceptors (Lipinski definition) is 3. The molecule has 0 bridgehead atoms. The van der Waals surface area contributed by atoms with E-state index in [1.165, 1.54) is 16.5 Å². The second kappa shape index (κ2) is 9.02. The topological polar surface area (TPSA) is 87.2 Å². The molecular formula is C31H27N3O2. The number of amides is 1. The molecule has 5 heteroatoms. The van der Waals surface area contributed by atoms with Gasteiger partial charge >= 0.3 is 0 Å². The first kappa shape index (κ1) is 22.1. The fourth-order valence-corrected chi connectivity index (χ4v) is 5.20. The minimum Gasteiger partial charge on any atom is -0.456 e. The zero-order valence-corrected chi connectivity index (χ0v) is 19.9. The van der Waals surface area contributed by atoms with Crippen LogP contribution in [0.4, 0.5) is 0 Å². The summed E-state index contributed by atoms with van der Waals surface area (Å²) >= 11 is 0. The Hall–Kier alpha value is -4.35. The van der Waals surface area contributed by atoms with Gasteiger partial charge in [-0.3, -0.25) is 4.79 Å². The van der Waals surface area contributed by atoms with E-state index < -0.39 is 0 Å². The average molecular weight is 474 g/mol. The molecule has 4 aromatic carbocycles. The number of benzene rings is 4. The molecule has 2 aromatic heterocycles. The number of furan rings is 1. The minimum absolute atomic E-state index is 0.259. The van der Waals surface area contributed by atoms with Gasteiger partial charge in [0.15, 0.2) is 0 Å². The van der Waals surface area contributed by atoms with Crippen molar-refractivity contribution in [2.75, 3.05) is 6.54 Å². The van der Waals surface area contributed by atoms with Crippen molar-refractivity contribution in [1.82, 2.24) is 4.57 Å². The van der Waals surface area contributed by atoms with Gasteiger partial charge in [-0.25, -0.2) is 0 Å². The lowest BCUT2D eigenvalue weighted by atomic mass is 9.97. The summed E-state index contributed by atoms with van der Waals surface area (Å²) in [5.74, 6) is -0.319. The maximum Gasteiger partial charge on any atom is 0.221 e. The second-order valence-corrected chi connectivity index (χ2v) is 9.29. The highest BCUT2D eigenvalue weighted by Crippen LogP contribution is 2.38. The average Bonchev–Trinajstić information content (AvgIpc) is 3.43. The first-order valence-corrected chi connectivity index (χ1v) is 12.2. The Labute approximate surface area is 208 Å². The van der Waals surface area contributed by atoms with Crippen LogP contribution in [-0.2, 0) is 24.2 Å². The van der Waals surface area contributed by atoms with Crippen LogP contribution in [0, 0.1) is 0 Å². The molecule has 4 N–H and O–H groups in total. The number of carbonyl (C=O) groups excluding carboxylic acids is 1. The van der Waals surface area contributed by atoms with Gasteiger partial charge in [-0.05, 0) is 65.0 Å². The molecule has 6 rings (SSSR count). The lowest BCUT2D eigenvalue weighted by Gasteiger charge is -2.09. The van der Waals surface area contributed by atoms with E-state index in [1.807, 2.05) is 30.3 Å². The van der Waals surface area contributed by atoms with Crippen LogP contribution in [-0.4, -0.2) is 17.0 Å². The summed E-state index contributed by atoms with van der Waals surface area (Å²) in [5.41, 5.74) is 19.9. The molecule has 0 radical (unpaired) electrons. The van der Waals surface area contributed by atoms with Gasteiger partial charge < -0.3 is 20.5 Å². The largest absolute Gasteiger partial charge is 0.456 e. The Morgan fingerprint density at radius 3 is 2.42 bits per heavy atom. The molecule has 1 amide bonds. The number of nitrogens with zero attached hydrogens (tertiary/aromatic N) is 1. The standard InChI is InChI=1S/C31H27N3O2/c32-15-14-23-19-34(18-21-10-8-20(9-11-21)16-30(33)35)27-13-12-22(17-26(23)27)24-5-3-7-29-31(24)25-4-1-2-6-28(25)36-29/h1-13,17,19H,14-16,18,32H2,(H2,33,35). The fraction of sp³-hybridized carbons (Fsp3) is 0.129. The maximum absolute atomic E-state index is 11.2. The Morgan fingerprint density at radius 1 is 0.833 bits per heavy atom. The van der Waals surface area contributed by atoms with Crippen LogP contribution in [0.1, 0.15) is 16.7 Å². The molecule has 6 aromatic rings. The van der Waals surface area contributed by atoms with Gasteiger partial charge in [0.25, 0.3) is 0 Å². The highest BCUT2D eigenvalue weighted by atomic mass is 16.3. The van der Waals surface area contributed by atoms with Crippen molar-refractivity contribution in [2.24, 2.45) is 11.5 Å². The third-order valence-electron chi connectivity index (χ3n) is 6.85. The molecule has 0 saturated heterocycles. The summed E-state index contributed by atoms with van der Waals surface area (Å²) in [6, 6.07) is 29.2. The third-order valence-corrected chi connectivity index (χ3v) is 6.85. The predicted molar refractivity (Wildman–Crippen MR) is 146 cm³/mol. The van der Waals surface area contributed by atoms with E-state index in [2.05, 4.69) is 65.4 Å². The molecule has 0 aliphatic rings. The molecule has 0 atom stereocenters. The summed E-state index contributed by atoms with van der Waals surface area (Å²) in [4.78, 5) is 11.2. The SMILES string of the molecule is NCCc1cn(Cc2ccc(CC(N)=O)cc2)c2ccc(-c3cccc4oc5ccccc5c34)cc12. The third kappa shape index (κ3) is 3.93. The van der Waals surface area contributed by atoms with Crippen LogP contribution in [0.2, 0.25) is 0 Å². The zero-order chi connectivity index (χ0) is 24.6. The van der Waals surface area contributed by atoms with E-state index in [0.29, 0.717) is 6.54 Å². The molecule has 0 unspecified atom stereocenters. The van der Waals surface area contributed by atoms with E-state index >= 15 is 0 Å². The first-order valence-electron chi connectivity index (χ1n) is 12.2. The second-order valence-electron chi connectivity index (χ2n) is 9.29. The van der Waals surface area contributed by atoms with Crippen LogP contribution in [0.25, 0.3) is 44.0 Å². The molecule has 5 nitrogen and oxygen atoms in total. The molecule has 36 heavy (non-hydrogen) atoms. The van der Waals surface area contributed by atoms with E-state index in [-0.39, 0.29) is 12.3 Å². The Kier molecular flexibility index (Phi) is 5.55. The van der Waals surface area contributed by atoms with Gasteiger partial charge in [0.05, 0.1) is 6.42 Å². The maximum atomic E-state index is 11.2. The number of rotatable bonds is 7. The fourth-order valence-electron chi connectivity index (χ4n) is 5.20. The van der Waals surface area contributed by atoms with Crippen LogP contribution >= 0.6 is 0 Å². The number of nitrogens with two attached hydrogens (primary N) is 2. The molecule has 2 heterocycles. The van der Waals surface area contributed by atoms with Crippen LogP contribution in [0.5, 0.6) is 0 Å². The summed E-state index contributed by atoms with van der Waals surface area (Å²) in [5, 5.41) is 3.49. The van der Waals surface area contributed by atoms with E-state index in [4.69, 9.17) is 15.9 Å². The highest BCUT2D eigenvalue weighted by molar-refractivity contribution is 6.12. The molecule has 0 aliphatic carbocycles. The van der Waals surface area contributed by atoms with Crippen LogP contribution in [0.15, 0.2) is 95.5 Å². The lowest BCUT2D eigenvalue weighted by molar-refractivity contribution is -0.117. The molecule has 178 valence electrons. The van der Waals surface area contributed by atoms with E-state index in [1.54, 1.807) is 0 Å². The quantitative estimate of drug-likeness (QED) is 0.308. The Balaban J connectivity index is 1.43. The van der Waals surface area contributed by atoms with Gasteiger partial charge in [0.1, 0.15) is 11.2 Å². The number of fused-ring (bicyclic) bond motifs is 4. The number of aromatic nitrogens is 1. The number of carbonyl (C=O) groups is 1. The summed E-state index contributed by atoms with van der Waals surface area (Å²) in [6.07, 6.45) is 3.28. The molecule has 0 saturated carbocycles. The predicted octanol–water partition coefficient (Wildman–Crippen LogP) is 5.79. The zero-order valence-electron chi connectivity index (χ0n) is 19.9. The van der Waals surface area contributed by atoms with Gasteiger partial charge in [-0.2, -0.15) is 0 Å². The lowest BCUT2D eigenvalue weighted by Crippen LogP contribution is -2.13. The number of primary amides is 1. The monoisotopic (exact) mass is 473 g/mol. The number of para-hydroxylation sites is 1. The summed E-state index contributed by atoms with van der Waals surface area (Å²) in [6.45, 7) is 1.33. The smallest absolute Gasteiger partial charge is 0.221 e. The minimum atomic E-state index is -0.319. The van der Waals surface area contributed by atoms with E-state index in [0.717, 1.165) is 57.2 Å².